The van der Waals surface area contributed by atoms with E-state index in [9.17, 15) is 14.0 Å². The van der Waals surface area contributed by atoms with Crippen LogP contribution in [0.5, 0.6) is 0 Å². The van der Waals surface area contributed by atoms with Gasteiger partial charge in [-0.3, -0.25) is 9.59 Å². The van der Waals surface area contributed by atoms with Gasteiger partial charge in [-0.25, -0.2) is 4.39 Å². The molecule has 0 unspecified atom stereocenters. The van der Waals surface area contributed by atoms with Gasteiger partial charge in [-0.2, -0.15) is 0 Å². The summed E-state index contributed by atoms with van der Waals surface area (Å²) in [5.74, 6) is -1.18. The smallest absolute Gasteiger partial charge is 0.258 e. The van der Waals surface area contributed by atoms with Crippen LogP contribution in [0.15, 0.2) is 53.0 Å². The van der Waals surface area contributed by atoms with Crippen LogP contribution in [0.4, 0.5) is 10.1 Å². The molecule has 2 aromatic rings. The molecule has 114 valence electrons. The number of primary amides is 1. The maximum atomic E-state index is 13.1. The van der Waals surface area contributed by atoms with E-state index < -0.39 is 11.7 Å². The Morgan fingerprint density at radius 1 is 1.14 bits per heavy atom. The van der Waals surface area contributed by atoms with Crippen LogP contribution in [0.2, 0.25) is 0 Å². The lowest BCUT2D eigenvalue weighted by molar-refractivity contribution is -0.117. The molecule has 0 aliphatic carbocycles. The minimum atomic E-state index is -0.505. The zero-order valence-electron chi connectivity index (χ0n) is 11.6. The zero-order chi connectivity index (χ0) is 16.1. The van der Waals surface area contributed by atoms with Crippen LogP contribution in [0.25, 0.3) is 0 Å². The summed E-state index contributed by atoms with van der Waals surface area (Å²) in [6.45, 7) is 0.131. The Labute approximate surface area is 135 Å². The Bertz CT molecular complexity index is 689. The zero-order valence-corrected chi connectivity index (χ0v) is 13.2. The number of nitrogens with zero attached hydrogens (tertiary/aromatic N) is 1. The van der Waals surface area contributed by atoms with Crippen LogP contribution in [0.3, 0.4) is 0 Å². The molecule has 4 nitrogen and oxygen atoms in total. The number of carbonyl (C=O) groups is 2. The Morgan fingerprint density at radius 2 is 1.82 bits per heavy atom. The molecule has 2 amide bonds. The van der Waals surface area contributed by atoms with Crippen LogP contribution in [-0.4, -0.2) is 18.4 Å². The van der Waals surface area contributed by atoms with E-state index in [1.807, 2.05) is 6.07 Å². The maximum Gasteiger partial charge on any atom is 0.258 e. The van der Waals surface area contributed by atoms with Gasteiger partial charge in [0, 0.05) is 28.7 Å². The molecule has 0 heterocycles. The molecule has 2 N–H and O–H groups in total. The van der Waals surface area contributed by atoms with Gasteiger partial charge in [0.2, 0.25) is 5.91 Å². The Kier molecular flexibility index (Phi) is 5.27. The summed E-state index contributed by atoms with van der Waals surface area (Å²) < 4.78 is 13.8. The first-order valence-electron chi connectivity index (χ1n) is 6.58. The van der Waals surface area contributed by atoms with Crippen molar-refractivity contribution >= 4 is 33.4 Å². The van der Waals surface area contributed by atoms with Gasteiger partial charge in [0.25, 0.3) is 5.91 Å². The summed E-state index contributed by atoms with van der Waals surface area (Å²) in [4.78, 5) is 25.1. The first-order valence-corrected chi connectivity index (χ1v) is 7.38. The maximum absolute atomic E-state index is 13.1. The monoisotopic (exact) mass is 364 g/mol. The van der Waals surface area contributed by atoms with Gasteiger partial charge in [-0.1, -0.05) is 22.0 Å². The molecule has 0 radical (unpaired) electrons. The highest BCUT2D eigenvalue weighted by molar-refractivity contribution is 9.10. The van der Waals surface area contributed by atoms with Crippen molar-refractivity contribution in [1.82, 2.24) is 0 Å². The van der Waals surface area contributed by atoms with Gasteiger partial charge in [0.15, 0.2) is 0 Å². The fourth-order valence-corrected chi connectivity index (χ4v) is 2.37. The van der Waals surface area contributed by atoms with Gasteiger partial charge in [-0.05, 0) is 42.5 Å². The number of nitrogens with two attached hydrogens (primary N) is 1. The van der Waals surface area contributed by atoms with Crippen LogP contribution in [-0.2, 0) is 4.79 Å². The highest BCUT2D eigenvalue weighted by atomic mass is 79.9. The summed E-state index contributed by atoms with van der Waals surface area (Å²) in [5.41, 5.74) is 6.13. The molecule has 0 saturated carbocycles. The van der Waals surface area contributed by atoms with Gasteiger partial charge in [0.05, 0.1) is 0 Å². The third-order valence-corrected chi connectivity index (χ3v) is 3.53. The number of carbonyl (C=O) groups excluding carboxylic acids is 2. The quantitative estimate of drug-likeness (QED) is 0.885. The first kappa shape index (κ1) is 16.2. The number of rotatable bonds is 5. The second-order valence-electron chi connectivity index (χ2n) is 4.66. The van der Waals surface area contributed by atoms with Gasteiger partial charge in [-0.15, -0.1) is 0 Å². The molecule has 0 aliphatic rings. The van der Waals surface area contributed by atoms with Crippen molar-refractivity contribution in [2.45, 2.75) is 6.42 Å². The van der Waals surface area contributed by atoms with Gasteiger partial charge < -0.3 is 10.6 Å². The lowest BCUT2D eigenvalue weighted by atomic mass is 10.1. The molecule has 2 aromatic carbocycles. The molecular formula is C16H14BrFN2O2. The summed E-state index contributed by atoms with van der Waals surface area (Å²) in [6.07, 6.45) is 0.0249. The lowest BCUT2D eigenvalue weighted by Gasteiger charge is -2.22. The molecule has 22 heavy (non-hydrogen) atoms. The number of halogens is 2. The van der Waals surface area contributed by atoms with Crippen LogP contribution in [0, 0.1) is 5.82 Å². The van der Waals surface area contributed by atoms with E-state index in [1.165, 1.54) is 29.2 Å². The van der Waals surface area contributed by atoms with Crippen LogP contribution >= 0.6 is 15.9 Å². The first-order chi connectivity index (χ1) is 10.5. The Balaban J connectivity index is 2.32. The van der Waals surface area contributed by atoms with Crippen molar-refractivity contribution in [3.63, 3.8) is 0 Å². The molecule has 0 spiro atoms. The van der Waals surface area contributed by atoms with Crippen LogP contribution in [0.1, 0.15) is 16.8 Å². The fourth-order valence-electron chi connectivity index (χ4n) is 1.97. The topological polar surface area (TPSA) is 63.4 Å². The predicted molar refractivity (Wildman–Crippen MR) is 86.0 cm³/mol. The minimum Gasteiger partial charge on any atom is -0.370 e. The normalized spacial score (nSPS) is 10.3. The number of benzene rings is 2. The van der Waals surface area contributed by atoms with E-state index >= 15 is 0 Å². The van der Waals surface area contributed by atoms with Crippen molar-refractivity contribution in [2.24, 2.45) is 5.73 Å². The third kappa shape index (κ3) is 4.14. The van der Waals surface area contributed by atoms with E-state index in [2.05, 4.69) is 15.9 Å². The van der Waals surface area contributed by atoms with E-state index in [0.29, 0.717) is 11.3 Å². The van der Waals surface area contributed by atoms with Crippen molar-refractivity contribution in [3.8, 4) is 0 Å². The molecule has 6 heteroatoms. The van der Waals surface area contributed by atoms with E-state index in [0.717, 1.165) is 4.47 Å². The lowest BCUT2D eigenvalue weighted by Crippen LogP contribution is -2.34. The highest BCUT2D eigenvalue weighted by Gasteiger charge is 2.18. The summed E-state index contributed by atoms with van der Waals surface area (Å²) in [5, 5.41) is 0. The molecule has 0 aliphatic heterocycles. The molecule has 0 saturated heterocycles. The average Bonchev–Trinajstić information content (AvgIpc) is 2.48. The number of hydrogen-bond acceptors (Lipinski definition) is 2. The van der Waals surface area contributed by atoms with Gasteiger partial charge in [0.1, 0.15) is 5.82 Å². The molecule has 0 aromatic heterocycles. The van der Waals surface area contributed by atoms with E-state index in [1.54, 1.807) is 18.2 Å². The molecular weight excluding hydrogens is 351 g/mol. The molecule has 0 fully saturated rings. The molecule has 0 bridgehead atoms. The minimum absolute atomic E-state index is 0.0249. The highest BCUT2D eigenvalue weighted by Crippen LogP contribution is 2.20. The number of hydrogen-bond donors (Lipinski definition) is 1. The number of amides is 2. The van der Waals surface area contributed by atoms with E-state index in [4.69, 9.17) is 5.73 Å². The van der Waals surface area contributed by atoms with Crippen molar-refractivity contribution in [2.75, 3.05) is 11.4 Å². The van der Waals surface area contributed by atoms with Crippen molar-refractivity contribution < 1.29 is 14.0 Å². The summed E-state index contributed by atoms with van der Waals surface area (Å²) >= 11 is 3.31. The van der Waals surface area contributed by atoms with Crippen molar-refractivity contribution in [1.29, 1.82) is 0 Å². The standard InChI is InChI=1S/C16H14BrFN2O2/c17-12-3-1-2-11(10-12)16(22)20(9-8-15(19)21)14-6-4-13(18)5-7-14/h1-7,10H,8-9H2,(H2,19,21). The Morgan fingerprint density at radius 3 is 2.41 bits per heavy atom. The largest absolute Gasteiger partial charge is 0.370 e. The molecule has 0 atom stereocenters. The van der Waals surface area contributed by atoms with Crippen LogP contribution < -0.4 is 10.6 Å². The Hall–Kier alpha value is -2.21. The van der Waals surface area contributed by atoms with Crippen molar-refractivity contribution in [3.05, 3.63) is 64.4 Å². The van der Waals surface area contributed by atoms with Gasteiger partial charge >= 0.3 is 0 Å². The third-order valence-electron chi connectivity index (χ3n) is 3.04. The SMILES string of the molecule is NC(=O)CCN(C(=O)c1cccc(Br)c1)c1ccc(F)cc1. The second-order valence-corrected chi connectivity index (χ2v) is 5.58. The van der Waals surface area contributed by atoms with E-state index in [-0.39, 0.29) is 18.9 Å². The predicted octanol–water partition coefficient (Wildman–Crippen LogP) is 3.11. The summed E-state index contributed by atoms with van der Waals surface area (Å²) in [6, 6.07) is 12.4. The number of anilines is 1. The fraction of sp³-hybridized carbons (Fsp3) is 0.125. The summed E-state index contributed by atoms with van der Waals surface area (Å²) in [7, 11) is 0. The second kappa shape index (κ2) is 7.17. The average molecular weight is 365 g/mol. The molecule has 2 rings (SSSR count).